The summed E-state index contributed by atoms with van der Waals surface area (Å²) in [6, 6.07) is 3.47. The van der Waals surface area contributed by atoms with E-state index in [0.717, 1.165) is 24.1 Å². The standard InChI is InChI=1S/C17H28N2O3S2/c1-13-7-8-15(23-13)24(21,22)19-11-5-6-14(12-19)16(20)18-10-9-17(2,3)4/h7-8,14H,5-6,9-12H2,1-4H3,(H,18,20). The van der Waals surface area contributed by atoms with E-state index in [1.165, 1.54) is 15.6 Å². The molecule has 0 aliphatic carbocycles. The third-order valence-electron chi connectivity index (χ3n) is 4.24. The Balaban J connectivity index is 1.97. The monoisotopic (exact) mass is 372 g/mol. The van der Waals surface area contributed by atoms with Crippen LogP contribution in [0, 0.1) is 18.3 Å². The molecule has 2 rings (SSSR count). The van der Waals surface area contributed by atoms with Crippen LogP contribution in [0.5, 0.6) is 0 Å². The lowest BCUT2D eigenvalue weighted by molar-refractivity contribution is -0.126. The molecule has 1 fully saturated rings. The van der Waals surface area contributed by atoms with Gasteiger partial charge < -0.3 is 5.32 Å². The van der Waals surface area contributed by atoms with Gasteiger partial charge in [-0.2, -0.15) is 4.31 Å². The van der Waals surface area contributed by atoms with Crippen LogP contribution in [0.25, 0.3) is 0 Å². The maximum Gasteiger partial charge on any atom is 0.252 e. The molecule has 0 saturated carbocycles. The lowest BCUT2D eigenvalue weighted by Crippen LogP contribution is -2.45. The molecule has 1 aromatic rings. The van der Waals surface area contributed by atoms with Gasteiger partial charge in [-0.25, -0.2) is 8.42 Å². The van der Waals surface area contributed by atoms with E-state index in [1.807, 2.05) is 13.0 Å². The first-order valence-electron chi connectivity index (χ1n) is 8.44. The van der Waals surface area contributed by atoms with Crippen molar-refractivity contribution < 1.29 is 13.2 Å². The fourth-order valence-corrected chi connectivity index (χ4v) is 5.72. The summed E-state index contributed by atoms with van der Waals surface area (Å²) in [5, 5.41) is 2.97. The Bertz CT molecular complexity index is 674. The zero-order valence-electron chi connectivity index (χ0n) is 15.0. The summed E-state index contributed by atoms with van der Waals surface area (Å²) in [6.07, 6.45) is 2.37. The fourth-order valence-electron chi connectivity index (χ4n) is 2.76. The van der Waals surface area contributed by atoms with Crippen LogP contribution in [0.2, 0.25) is 0 Å². The van der Waals surface area contributed by atoms with Crippen LogP contribution in [0.15, 0.2) is 16.3 Å². The van der Waals surface area contributed by atoms with Crippen LogP contribution in [0.1, 0.15) is 44.9 Å². The molecule has 0 spiro atoms. The Kier molecular flexibility index (Phi) is 6.09. The van der Waals surface area contributed by atoms with Crippen molar-refractivity contribution in [3.05, 3.63) is 17.0 Å². The van der Waals surface area contributed by atoms with Crippen LogP contribution in [0.4, 0.5) is 0 Å². The largest absolute Gasteiger partial charge is 0.356 e. The van der Waals surface area contributed by atoms with Crippen molar-refractivity contribution in [2.45, 2.75) is 51.2 Å². The molecule has 5 nitrogen and oxygen atoms in total. The zero-order chi connectivity index (χ0) is 18.0. The van der Waals surface area contributed by atoms with E-state index in [0.29, 0.717) is 17.3 Å². The molecule has 24 heavy (non-hydrogen) atoms. The van der Waals surface area contributed by atoms with Crippen LogP contribution >= 0.6 is 11.3 Å². The van der Waals surface area contributed by atoms with Crippen LogP contribution in [-0.4, -0.2) is 38.3 Å². The number of nitrogens with zero attached hydrogens (tertiary/aromatic N) is 1. The molecule has 1 aliphatic heterocycles. The Hall–Kier alpha value is -0.920. The summed E-state index contributed by atoms with van der Waals surface area (Å²) in [5.41, 5.74) is 0.173. The Labute approximate surface area is 149 Å². The van der Waals surface area contributed by atoms with Gasteiger partial charge in [0.15, 0.2) is 0 Å². The molecule has 0 aromatic carbocycles. The van der Waals surface area contributed by atoms with Crippen molar-refractivity contribution in [2.24, 2.45) is 11.3 Å². The van der Waals surface area contributed by atoms with Gasteiger partial charge in [-0.3, -0.25) is 4.79 Å². The summed E-state index contributed by atoms with van der Waals surface area (Å²) in [6.45, 7) is 9.71. The molecule has 1 aliphatic rings. The number of nitrogens with one attached hydrogen (secondary N) is 1. The molecule has 7 heteroatoms. The summed E-state index contributed by atoms with van der Waals surface area (Å²) in [4.78, 5) is 13.3. The van der Waals surface area contributed by atoms with Gasteiger partial charge in [0.1, 0.15) is 4.21 Å². The smallest absolute Gasteiger partial charge is 0.252 e. The topological polar surface area (TPSA) is 66.5 Å². The number of amides is 1. The highest BCUT2D eigenvalue weighted by molar-refractivity contribution is 7.91. The number of thiophene rings is 1. The predicted octanol–water partition coefficient (Wildman–Crippen LogP) is 3.01. The van der Waals surface area contributed by atoms with Crippen molar-refractivity contribution in [3.63, 3.8) is 0 Å². The summed E-state index contributed by atoms with van der Waals surface area (Å²) in [5.74, 6) is -0.281. The van der Waals surface area contributed by atoms with E-state index in [1.54, 1.807) is 6.07 Å². The van der Waals surface area contributed by atoms with E-state index in [4.69, 9.17) is 0 Å². The summed E-state index contributed by atoms with van der Waals surface area (Å²) < 4.78 is 27.3. The minimum Gasteiger partial charge on any atom is -0.356 e. The highest BCUT2D eigenvalue weighted by Crippen LogP contribution is 2.28. The van der Waals surface area contributed by atoms with E-state index < -0.39 is 10.0 Å². The van der Waals surface area contributed by atoms with Gasteiger partial charge in [0.25, 0.3) is 10.0 Å². The number of sulfonamides is 1. The number of hydrogen-bond donors (Lipinski definition) is 1. The van der Waals surface area contributed by atoms with Gasteiger partial charge in [0, 0.05) is 24.5 Å². The van der Waals surface area contributed by atoms with E-state index in [2.05, 4.69) is 26.1 Å². The number of aryl methyl sites for hydroxylation is 1. The maximum absolute atomic E-state index is 12.7. The molecule has 1 amide bonds. The van der Waals surface area contributed by atoms with Gasteiger partial charge in [-0.1, -0.05) is 20.8 Å². The third kappa shape index (κ3) is 5.04. The minimum absolute atomic E-state index is 0.0264. The van der Waals surface area contributed by atoms with Crippen molar-refractivity contribution in [3.8, 4) is 0 Å². The third-order valence-corrected chi connectivity index (χ3v) is 7.57. The first-order valence-corrected chi connectivity index (χ1v) is 10.7. The Morgan fingerprint density at radius 2 is 2.08 bits per heavy atom. The molecule has 0 radical (unpaired) electrons. The average Bonchev–Trinajstić information content (AvgIpc) is 2.93. The Morgan fingerprint density at radius 3 is 2.67 bits per heavy atom. The number of rotatable bonds is 5. The molecule has 136 valence electrons. The van der Waals surface area contributed by atoms with Crippen molar-refractivity contribution >= 4 is 27.3 Å². The Morgan fingerprint density at radius 1 is 1.38 bits per heavy atom. The maximum atomic E-state index is 12.7. The molecule has 1 aromatic heterocycles. The normalized spacial score (nSPS) is 20.1. The highest BCUT2D eigenvalue weighted by atomic mass is 32.2. The molecule has 1 N–H and O–H groups in total. The summed E-state index contributed by atoms with van der Waals surface area (Å²) in [7, 11) is -3.48. The second-order valence-electron chi connectivity index (χ2n) is 7.67. The molecule has 2 heterocycles. The lowest BCUT2D eigenvalue weighted by Gasteiger charge is -2.31. The van der Waals surface area contributed by atoms with Gasteiger partial charge in [-0.05, 0) is 43.7 Å². The van der Waals surface area contributed by atoms with Gasteiger partial charge in [0.05, 0.1) is 5.92 Å². The van der Waals surface area contributed by atoms with E-state index >= 15 is 0 Å². The lowest BCUT2D eigenvalue weighted by atomic mass is 9.92. The first-order chi connectivity index (χ1) is 11.1. The number of piperidine rings is 1. The minimum atomic E-state index is -3.48. The van der Waals surface area contributed by atoms with Crippen molar-refractivity contribution in [2.75, 3.05) is 19.6 Å². The highest BCUT2D eigenvalue weighted by Gasteiger charge is 2.33. The van der Waals surface area contributed by atoms with Gasteiger partial charge in [0.2, 0.25) is 5.91 Å². The van der Waals surface area contributed by atoms with Crippen LogP contribution < -0.4 is 5.32 Å². The van der Waals surface area contributed by atoms with E-state index in [-0.39, 0.29) is 23.8 Å². The predicted molar refractivity (Wildman–Crippen MR) is 97.6 cm³/mol. The average molecular weight is 373 g/mol. The second-order valence-corrected chi connectivity index (χ2v) is 11.1. The SMILES string of the molecule is Cc1ccc(S(=O)(=O)N2CCCC(C(=O)NCCC(C)(C)C)C2)s1. The molecular weight excluding hydrogens is 344 g/mol. The fraction of sp³-hybridized carbons (Fsp3) is 0.706. The second kappa shape index (κ2) is 7.54. The van der Waals surface area contributed by atoms with Gasteiger partial charge in [-0.15, -0.1) is 11.3 Å². The number of hydrogen-bond acceptors (Lipinski definition) is 4. The van der Waals surface area contributed by atoms with Crippen LogP contribution in [0.3, 0.4) is 0 Å². The van der Waals surface area contributed by atoms with Crippen LogP contribution in [-0.2, 0) is 14.8 Å². The molecule has 1 unspecified atom stereocenters. The van der Waals surface area contributed by atoms with E-state index in [9.17, 15) is 13.2 Å². The summed E-state index contributed by atoms with van der Waals surface area (Å²) >= 11 is 1.28. The number of carbonyl (C=O) groups excluding carboxylic acids is 1. The molecular formula is C17H28N2O3S2. The quantitative estimate of drug-likeness (QED) is 0.864. The molecule has 1 atom stereocenters. The first kappa shape index (κ1) is 19.4. The zero-order valence-corrected chi connectivity index (χ0v) is 16.6. The number of carbonyl (C=O) groups is 1. The van der Waals surface area contributed by atoms with Gasteiger partial charge >= 0.3 is 0 Å². The van der Waals surface area contributed by atoms with Crippen molar-refractivity contribution in [1.82, 2.24) is 9.62 Å². The molecule has 0 bridgehead atoms. The molecule has 1 saturated heterocycles. The van der Waals surface area contributed by atoms with Crippen molar-refractivity contribution in [1.29, 1.82) is 0 Å².